The first-order valence-electron chi connectivity index (χ1n) is 22.7. The van der Waals surface area contributed by atoms with E-state index in [1.807, 2.05) is 24.4 Å². The molecule has 1 unspecified atom stereocenters. The number of fused-ring (bicyclic) bond motifs is 9. The Balaban J connectivity index is 1.20. The number of hydrogen-bond donors (Lipinski definition) is 3. The van der Waals surface area contributed by atoms with Crippen LogP contribution in [0.4, 0.5) is 0 Å². The van der Waals surface area contributed by atoms with Gasteiger partial charge in [0.05, 0.1) is 33.8 Å². The van der Waals surface area contributed by atoms with Gasteiger partial charge in [-0.1, -0.05) is 99.3 Å². The molecule has 1 atom stereocenters. The van der Waals surface area contributed by atoms with E-state index in [2.05, 4.69) is 145 Å². The van der Waals surface area contributed by atoms with Gasteiger partial charge in [-0.05, 0) is 161 Å². The lowest BCUT2D eigenvalue weighted by Gasteiger charge is -2.31. The average molecular weight is 833 g/mol. The molecule has 2 aliphatic carbocycles. The van der Waals surface area contributed by atoms with Crippen LogP contribution in [0.25, 0.3) is 94.2 Å². The largest absolute Gasteiger partial charge is 0.405 e. The number of pyridine rings is 1. The second-order valence-corrected chi connectivity index (χ2v) is 17.2. The molecule has 0 bridgehead atoms. The highest BCUT2D eigenvalue weighted by molar-refractivity contribution is 6.17. The Labute approximate surface area is 374 Å². The van der Waals surface area contributed by atoms with E-state index < -0.39 is 0 Å². The van der Waals surface area contributed by atoms with Crippen molar-refractivity contribution in [2.24, 2.45) is 17.2 Å². The lowest BCUT2D eigenvalue weighted by atomic mass is 9.74. The minimum absolute atomic E-state index is 0.300. The number of aromatic nitrogens is 3. The van der Waals surface area contributed by atoms with E-state index in [1.165, 1.54) is 76.9 Å². The van der Waals surface area contributed by atoms with Gasteiger partial charge in [-0.3, -0.25) is 4.98 Å². The lowest BCUT2D eigenvalue weighted by molar-refractivity contribution is 0.871. The zero-order valence-corrected chi connectivity index (χ0v) is 36.5. The van der Waals surface area contributed by atoms with E-state index in [0.29, 0.717) is 0 Å². The van der Waals surface area contributed by atoms with Crippen LogP contribution in [-0.2, 0) is 25.7 Å². The van der Waals surface area contributed by atoms with Crippen molar-refractivity contribution in [1.82, 2.24) is 14.1 Å². The third-order valence-corrected chi connectivity index (χ3v) is 13.8. The summed E-state index contributed by atoms with van der Waals surface area (Å²) in [6.45, 7) is 8.46. The first-order chi connectivity index (χ1) is 31.5. The number of benzene rings is 6. The van der Waals surface area contributed by atoms with Crippen molar-refractivity contribution in [1.29, 1.82) is 0 Å². The molecule has 11 rings (SSSR count). The van der Waals surface area contributed by atoms with Crippen molar-refractivity contribution < 1.29 is 0 Å². The average Bonchev–Trinajstić information content (AvgIpc) is 3.84. The van der Waals surface area contributed by atoms with Crippen LogP contribution in [0.3, 0.4) is 0 Å². The Morgan fingerprint density at radius 2 is 1.25 bits per heavy atom. The molecular weight excluding hydrogens is 781 g/mol. The smallest absolute Gasteiger partial charge is 0.0780 e. The number of aryl methyl sites for hydroxylation is 4. The highest BCUT2D eigenvalue weighted by Gasteiger charge is 2.33. The Kier molecular flexibility index (Phi) is 9.70. The van der Waals surface area contributed by atoms with E-state index >= 15 is 0 Å². The third kappa shape index (κ3) is 5.93. The fourth-order valence-corrected chi connectivity index (χ4v) is 11.1. The maximum absolute atomic E-state index is 7.11. The molecule has 0 amide bonds. The van der Waals surface area contributed by atoms with Crippen molar-refractivity contribution in [3.05, 3.63) is 192 Å². The summed E-state index contributed by atoms with van der Waals surface area (Å²) in [6.07, 6.45) is 21.4. The van der Waals surface area contributed by atoms with Crippen molar-refractivity contribution in [3.8, 4) is 22.4 Å². The highest BCUT2D eigenvalue weighted by atomic mass is 15.0. The number of hydrogen-bond acceptors (Lipinski definition) is 4. The van der Waals surface area contributed by atoms with Gasteiger partial charge < -0.3 is 26.3 Å². The minimum atomic E-state index is -0.300. The second-order valence-electron chi connectivity index (χ2n) is 17.2. The van der Waals surface area contributed by atoms with Crippen LogP contribution in [0.5, 0.6) is 0 Å². The molecule has 6 heteroatoms. The standard InChI is InChI=1S/C58H52N6/c1-4-11-41(25-28-59)63-51-23-19-39(55(61)43-15-9-7-13-35(43)6-3)33-47(51)49-31-37-17-22-46-54-38(18-21-45(53(37)54)57(49)63)32-50-48-34-40(56-44-16-10-8-14-36(44)27-30-62-56)20-24-52(48)64(58(46)50)42(12-5-2)26-29-60/h6-16,19-20,23-34,55H,3-5,17-18,21-22,59-61H2,1-2H3/b28-25-,29-26-,41-11+,42-12+. The zero-order valence-electron chi connectivity index (χ0n) is 36.5. The molecule has 9 aromatic rings. The molecule has 0 radical (unpaired) electrons. The molecule has 0 aliphatic heterocycles. The second kappa shape index (κ2) is 15.7. The first-order valence-corrected chi connectivity index (χ1v) is 22.7. The summed E-state index contributed by atoms with van der Waals surface area (Å²) in [7, 11) is 0. The number of allylic oxidation sites excluding steroid dienone is 6. The van der Waals surface area contributed by atoms with Gasteiger partial charge in [0.25, 0.3) is 0 Å². The van der Waals surface area contributed by atoms with Crippen molar-refractivity contribution in [2.75, 3.05) is 0 Å². The molecule has 3 aromatic heterocycles. The molecule has 3 heterocycles. The van der Waals surface area contributed by atoms with Crippen molar-refractivity contribution in [3.63, 3.8) is 0 Å². The zero-order chi connectivity index (χ0) is 43.6. The number of rotatable bonds is 10. The first kappa shape index (κ1) is 39.4. The summed E-state index contributed by atoms with van der Waals surface area (Å²) in [4.78, 5) is 4.95. The number of nitrogens with two attached hydrogens (primary N) is 3. The molecule has 0 fully saturated rings. The molecule has 6 aromatic carbocycles. The molecule has 2 aliphatic rings. The Hall–Kier alpha value is -7.41. The topological polar surface area (TPSA) is 101 Å². The monoisotopic (exact) mass is 832 g/mol. The van der Waals surface area contributed by atoms with Gasteiger partial charge in [0, 0.05) is 50.1 Å². The molecule has 6 N–H and O–H groups in total. The predicted octanol–water partition coefficient (Wildman–Crippen LogP) is 13.1. The maximum atomic E-state index is 7.11. The van der Waals surface area contributed by atoms with E-state index in [9.17, 15) is 0 Å². The van der Waals surface area contributed by atoms with Gasteiger partial charge in [0.1, 0.15) is 0 Å². The fourth-order valence-electron chi connectivity index (χ4n) is 11.1. The van der Waals surface area contributed by atoms with Gasteiger partial charge >= 0.3 is 0 Å². The SMILES string of the molecule is C=Cc1ccccc1C(N)c1ccc2c(c1)c1cc3c4c(c1n2C(/C=C\N)=C/CC)CCc1cc2c5cc(-c6nccc7ccccc67)ccc5n(C(/C=C\N)=C/CC)c2c(c1-4)CC3. The molecule has 0 saturated carbocycles. The summed E-state index contributed by atoms with van der Waals surface area (Å²) in [6, 6.07) is 37.3. The fraction of sp³-hybridized carbons (Fsp3) is 0.155. The Bertz CT molecular complexity index is 3530. The third-order valence-electron chi connectivity index (χ3n) is 13.8. The van der Waals surface area contributed by atoms with Gasteiger partial charge in [0.15, 0.2) is 0 Å². The summed E-state index contributed by atoms with van der Waals surface area (Å²) in [5, 5.41) is 7.32. The van der Waals surface area contributed by atoms with Crippen LogP contribution < -0.4 is 17.2 Å². The van der Waals surface area contributed by atoms with Crippen LogP contribution >= 0.6 is 0 Å². The van der Waals surface area contributed by atoms with E-state index in [4.69, 9.17) is 22.2 Å². The quantitative estimate of drug-likeness (QED) is 0.119. The van der Waals surface area contributed by atoms with Crippen LogP contribution in [0, 0.1) is 0 Å². The molecule has 314 valence electrons. The molecule has 64 heavy (non-hydrogen) atoms. The Morgan fingerprint density at radius 1 is 0.656 bits per heavy atom. The molecule has 6 nitrogen and oxygen atoms in total. The molecule has 0 spiro atoms. The van der Waals surface area contributed by atoms with Crippen LogP contribution in [-0.4, -0.2) is 14.1 Å². The predicted molar refractivity (Wildman–Crippen MR) is 272 cm³/mol. The van der Waals surface area contributed by atoms with Crippen LogP contribution in [0.1, 0.15) is 71.7 Å². The Morgan fingerprint density at radius 3 is 1.88 bits per heavy atom. The van der Waals surface area contributed by atoms with Crippen LogP contribution in [0.15, 0.2) is 153 Å². The lowest BCUT2D eigenvalue weighted by Crippen LogP contribution is -2.16. The van der Waals surface area contributed by atoms with E-state index in [0.717, 1.165) is 88.8 Å². The van der Waals surface area contributed by atoms with Gasteiger partial charge in [-0.15, -0.1) is 0 Å². The number of nitrogens with zero attached hydrogens (tertiary/aromatic N) is 3. The van der Waals surface area contributed by atoms with E-state index in [1.54, 1.807) is 12.4 Å². The minimum Gasteiger partial charge on any atom is -0.405 e. The van der Waals surface area contributed by atoms with Gasteiger partial charge in [0.2, 0.25) is 0 Å². The van der Waals surface area contributed by atoms with Gasteiger partial charge in [-0.2, -0.15) is 0 Å². The van der Waals surface area contributed by atoms with Crippen molar-refractivity contribution >= 4 is 71.9 Å². The van der Waals surface area contributed by atoms with Crippen molar-refractivity contribution in [2.45, 2.75) is 58.4 Å². The maximum Gasteiger partial charge on any atom is 0.0780 e. The van der Waals surface area contributed by atoms with Crippen LogP contribution in [0.2, 0.25) is 0 Å². The van der Waals surface area contributed by atoms with Gasteiger partial charge in [-0.25, -0.2) is 0 Å². The summed E-state index contributed by atoms with van der Waals surface area (Å²) in [5.74, 6) is 0. The summed E-state index contributed by atoms with van der Waals surface area (Å²) >= 11 is 0. The molecule has 0 saturated heterocycles. The molecular formula is C58H52N6. The van der Waals surface area contributed by atoms with E-state index in [-0.39, 0.29) is 6.04 Å². The highest BCUT2D eigenvalue weighted by Crippen LogP contribution is 2.52. The summed E-state index contributed by atoms with van der Waals surface area (Å²) in [5.41, 5.74) is 40.3. The summed E-state index contributed by atoms with van der Waals surface area (Å²) < 4.78 is 4.94. The normalized spacial score (nSPS) is 14.5.